The van der Waals surface area contributed by atoms with Crippen LogP contribution in [0.15, 0.2) is 12.3 Å². The fourth-order valence-corrected chi connectivity index (χ4v) is 0.192. The van der Waals surface area contributed by atoms with Crippen LogP contribution in [0.3, 0.4) is 0 Å². The Bertz CT molecular complexity index is 47.7. The van der Waals surface area contributed by atoms with Crippen molar-refractivity contribution in [2.45, 2.75) is 13.8 Å². The Morgan fingerprint density at radius 1 is 1.50 bits per heavy atom. The Morgan fingerprint density at radius 2 is 2.00 bits per heavy atom. The van der Waals surface area contributed by atoms with Crippen molar-refractivity contribution in [1.82, 2.24) is 0 Å². The van der Waals surface area contributed by atoms with Crippen molar-refractivity contribution in [2.75, 3.05) is 6.61 Å². The zero-order valence-electron chi connectivity index (χ0n) is 5.36. The second-order valence-corrected chi connectivity index (χ2v) is 0.925. The van der Waals surface area contributed by atoms with Crippen molar-refractivity contribution in [3.63, 3.8) is 0 Å². The van der Waals surface area contributed by atoms with Gasteiger partial charge in [-0.05, 0) is 13.8 Å². The molecule has 0 saturated heterocycles. The van der Waals surface area contributed by atoms with E-state index in [1.807, 2.05) is 19.9 Å². The van der Waals surface area contributed by atoms with E-state index in [1.54, 1.807) is 6.26 Å². The first kappa shape index (κ1) is 15.9. The summed E-state index contributed by atoms with van der Waals surface area (Å²) >= 11 is 0. The maximum absolute atomic E-state index is 4.80. The van der Waals surface area contributed by atoms with E-state index < -0.39 is 0 Å². The number of hydrogen-bond acceptors (Lipinski definition) is 1. The quantitative estimate of drug-likeness (QED) is 0.418. The van der Waals surface area contributed by atoms with Gasteiger partial charge >= 0.3 is 0 Å². The Kier molecular flexibility index (Phi) is 31.0. The van der Waals surface area contributed by atoms with Crippen LogP contribution in [0.4, 0.5) is 0 Å². The first-order valence-corrected chi connectivity index (χ1v) is 2.14. The topological polar surface area (TPSA) is 9.23 Å². The van der Waals surface area contributed by atoms with Crippen molar-refractivity contribution in [3.05, 3.63) is 12.3 Å². The number of rotatable bonds is 2. The normalized spacial score (nSPS) is 7.25. The molecule has 0 aromatic heterocycles. The molecule has 0 atom stereocenters. The molecule has 0 aromatic rings. The monoisotopic (exact) mass is 229 g/mol. The SMILES string of the molecule is C/C=C/OCC.[Br-].[Zn]. The molecule has 0 aliphatic carbocycles. The predicted octanol–water partition coefficient (Wildman–Crippen LogP) is -1.44. The van der Waals surface area contributed by atoms with Gasteiger partial charge in [0.2, 0.25) is 0 Å². The van der Waals surface area contributed by atoms with Gasteiger partial charge in [0.1, 0.15) is 0 Å². The largest absolute Gasteiger partial charge is 1.00 e. The van der Waals surface area contributed by atoms with E-state index in [4.69, 9.17) is 4.74 Å². The second kappa shape index (κ2) is 15.6. The fourth-order valence-electron chi connectivity index (χ4n) is 0.192. The van der Waals surface area contributed by atoms with Gasteiger partial charge in [-0.1, -0.05) is 6.08 Å². The van der Waals surface area contributed by atoms with Crippen LogP contribution in [-0.2, 0) is 24.2 Å². The van der Waals surface area contributed by atoms with E-state index in [0.717, 1.165) is 6.61 Å². The zero-order valence-corrected chi connectivity index (χ0v) is 9.91. The standard InChI is InChI=1S/C5H10O.BrH.Zn/c1-3-5-6-4-2;;/h3,5H,4H2,1-2H3;1H;/p-1/b5-3+;;. The summed E-state index contributed by atoms with van der Waals surface area (Å²) in [5.41, 5.74) is 0. The molecule has 0 bridgehead atoms. The Hall–Kier alpha value is 0.643. The van der Waals surface area contributed by atoms with Gasteiger partial charge in [0.15, 0.2) is 0 Å². The van der Waals surface area contributed by atoms with Crippen molar-refractivity contribution in [2.24, 2.45) is 0 Å². The van der Waals surface area contributed by atoms with Crippen LogP contribution < -0.4 is 17.0 Å². The summed E-state index contributed by atoms with van der Waals surface area (Å²) in [7, 11) is 0. The molecule has 8 heavy (non-hydrogen) atoms. The summed E-state index contributed by atoms with van der Waals surface area (Å²) in [4.78, 5) is 0. The minimum Gasteiger partial charge on any atom is -1.00 e. The third-order valence-corrected chi connectivity index (χ3v) is 0.399. The van der Waals surface area contributed by atoms with E-state index in [9.17, 15) is 0 Å². The predicted molar refractivity (Wildman–Crippen MR) is 26.4 cm³/mol. The summed E-state index contributed by atoms with van der Waals surface area (Å²) in [6, 6.07) is 0. The minimum absolute atomic E-state index is 0. The van der Waals surface area contributed by atoms with Gasteiger partial charge in [0, 0.05) is 19.5 Å². The van der Waals surface area contributed by atoms with E-state index in [1.165, 1.54) is 0 Å². The third-order valence-electron chi connectivity index (χ3n) is 0.399. The molecule has 3 heteroatoms. The molecule has 0 heterocycles. The molecule has 0 aliphatic heterocycles. The molecule has 0 unspecified atom stereocenters. The molecular formula is C5H10BrOZn-. The van der Waals surface area contributed by atoms with E-state index in [0.29, 0.717) is 0 Å². The van der Waals surface area contributed by atoms with E-state index in [2.05, 4.69) is 0 Å². The molecule has 0 aromatic carbocycles. The van der Waals surface area contributed by atoms with Gasteiger partial charge in [0.25, 0.3) is 0 Å². The summed E-state index contributed by atoms with van der Waals surface area (Å²) < 4.78 is 4.80. The molecule has 0 fully saturated rings. The maximum Gasteiger partial charge on any atom is 0.0845 e. The molecule has 0 amide bonds. The van der Waals surface area contributed by atoms with Crippen LogP contribution in [-0.4, -0.2) is 6.61 Å². The first-order valence-electron chi connectivity index (χ1n) is 2.14. The van der Waals surface area contributed by atoms with Crippen LogP contribution in [0.2, 0.25) is 0 Å². The second-order valence-electron chi connectivity index (χ2n) is 0.925. The van der Waals surface area contributed by atoms with Crippen molar-refractivity contribution < 1.29 is 41.2 Å². The number of ether oxygens (including phenoxy) is 1. The van der Waals surface area contributed by atoms with Gasteiger partial charge in [-0.25, -0.2) is 0 Å². The third kappa shape index (κ3) is 15.9. The van der Waals surface area contributed by atoms with E-state index in [-0.39, 0.29) is 36.5 Å². The molecule has 1 nitrogen and oxygen atoms in total. The zero-order chi connectivity index (χ0) is 4.83. The van der Waals surface area contributed by atoms with Gasteiger partial charge in [-0.3, -0.25) is 0 Å². The summed E-state index contributed by atoms with van der Waals surface area (Å²) in [6.07, 6.45) is 3.55. The molecule has 0 radical (unpaired) electrons. The fraction of sp³-hybridized carbons (Fsp3) is 0.600. The van der Waals surface area contributed by atoms with Gasteiger partial charge < -0.3 is 21.7 Å². The van der Waals surface area contributed by atoms with Crippen LogP contribution in [0.25, 0.3) is 0 Å². The molecule has 0 N–H and O–H groups in total. The van der Waals surface area contributed by atoms with Crippen LogP contribution in [0, 0.1) is 0 Å². The van der Waals surface area contributed by atoms with E-state index >= 15 is 0 Å². The molecule has 0 spiro atoms. The van der Waals surface area contributed by atoms with Crippen LogP contribution in [0.5, 0.6) is 0 Å². The molecule has 46 valence electrons. The average molecular weight is 231 g/mol. The Labute approximate surface area is 74.0 Å². The van der Waals surface area contributed by atoms with Crippen molar-refractivity contribution in [1.29, 1.82) is 0 Å². The summed E-state index contributed by atoms with van der Waals surface area (Å²) in [6.45, 7) is 4.65. The van der Waals surface area contributed by atoms with Crippen molar-refractivity contribution >= 4 is 0 Å². The van der Waals surface area contributed by atoms with Gasteiger partial charge in [-0.15, -0.1) is 0 Å². The van der Waals surface area contributed by atoms with Crippen molar-refractivity contribution in [3.8, 4) is 0 Å². The maximum atomic E-state index is 4.80. The molecule has 0 saturated carbocycles. The average Bonchev–Trinajstić information content (AvgIpc) is 1.61. The van der Waals surface area contributed by atoms with Gasteiger partial charge in [-0.2, -0.15) is 0 Å². The Balaban J connectivity index is -0.000000125. The van der Waals surface area contributed by atoms with Gasteiger partial charge in [0.05, 0.1) is 12.9 Å². The van der Waals surface area contributed by atoms with Crippen LogP contribution >= 0.6 is 0 Å². The number of halogens is 1. The Morgan fingerprint density at radius 3 is 2.12 bits per heavy atom. The summed E-state index contributed by atoms with van der Waals surface area (Å²) in [5.74, 6) is 0. The first-order chi connectivity index (χ1) is 2.91. The van der Waals surface area contributed by atoms with Crippen LogP contribution in [0.1, 0.15) is 13.8 Å². The smallest absolute Gasteiger partial charge is 0.0845 e. The minimum atomic E-state index is 0. The molecule has 0 aliphatic rings. The summed E-state index contributed by atoms with van der Waals surface area (Å²) in [5, 5.41) is 0. The molecule has 0 rings (SSSR count). The number of hydrogen-bond donors (Lipinski definition) is 0. The number of allylic oxidation sites excluding steroid dienone is 1. The molecular weight excluding hydrogens is 221 g/mol.